The van der Waals surface area contributed by atoms with Gasteiger partial charge in [-0.1, -0.05) is 13.0 Å². The summed E-state index contributed by atoms with van der Waals surface area (Å²) in [5.74, 6) is 1.29. The van der Waals surface area contributed by atoms with Crippen molar-refractivity contribution in [2.75, 3.05) is 25.0 Å². The summed E-state index contributed by atoms with van der Waals surface area (Å²) in [5, 5.41) is 18.7. The molecule has 0 aliphatic carbocycles. The monoisotopic (exact) mass is 541 g/mol. The first kappa shape index (κ1) is 27.4. The predicted molar refractivity (Wildman–Crippen MR) is 151 cm³/mol. The molecule has 208 valence electrons. The van der Waals surface area contributed by atoms with E-state index < -0.39 is 0 Å². The molecule has 40 heavy (non-hydrogen) atoms. The molecule has 1 aliphatic heterocycles. The van der Waals surface area contributed by atoms with E-state index in [1.165, 1.54) is 6.33 Å². The Morgan fingerprint density at radius 3 is 2.77 bits per heavy atom. The van der Waals surface area contributed by atoms with E-state index in [0.29, 0.717) is 43.3 Å². The number of piperidine rings is 1. The number of anilines is 1. The summed E-state index contributed by atoms with van der Waals surface area (Å²) in [6, 6.07) is 11.2. The number of aryl methyl sites for hydroxylation is 1. The van der Waals surface area contributed by atoms with E-state index in [2.05, 4.69) is 48.0 Å². The number of nitrogens with one attached hydrogen (secondary N) is 3. The van der Waals surface area contributed by atoms with Crippen LogP contribution >= 0.6 is 0 Å². The number of amides is 1. The molecule has 1 aliphatic rings. The van der Waals surface area contributed by atoms with E-state index in [0.717, 1.165) is 55.0 Å². The second-order valence-electron chi connectivity index (χ2n) is 9.62. The van der Waals surface area contributed by atoms with Crippen LogP contribution < -0.4 is 16.0 Å². The van der Waals surface area contributed by atoms with Crippen molar-refractivity contribution in [1.29, 1.82) is 0 Å². The molecule has 11 heteroatoms. The Balaban J connectivity index is 1.24. The number of ether oxygens (including phenoxy) is 1. The fraction of sp³-hybridized carbons (Fsp3) is 0.379. The molecule has 3 aromatic heterocycles. The minimum atomic E-state index is -0.133. The number of hydrogen-bond donors (Lipinski definition) is 3. The molecular weight excluding hydrogens is 506 g/mol. The SMILES string of the molecule is CCc1cnccc1CNC(=O)c1cccc(NCc2nnc(-c3ccncn3)n2CCOC2CCNCC2)c1. The normalized spacial score (nSPS) is 13.7. The molecule has 0 unspecified atom stereocenters. The first-order valence-electron chi connectivity index (χ1n) is 13.8. The lowest BCUT2D eigenvalue weighted by atomic mass is 10.1. The highest BCUT2D eigenvalue weighted by molar-refractivity contribution is 5.95. The molecule has 0 atom stereocenters. The van der Waals surface area contributed by atoms with Crippen molar-refractivity contribution in [3.05, 3.63) is 83.8 Å². The van der Waals surface area contributed by atoms with E-state index in [-0.39, 0.29) is 12.0 Å². The van der Waals surface area contributed by atoms with E-state index in [4.69, 9.17) is 4.74 Å². The highest BCUT2D eigenvalue weighted by Crippen LogP contribution is 2.18. The summed E-state index contributed by atoms with van der Waals surface area (Å²) >= 11 is 0. The number of aromatic nitrogens is 6. The molecule has 1 amide bonds. The molecule has 3 N–H and O–H groups in total. The van der Waals surface area contributed by atoms with E-state index in [1.807, 2.05) is 47.2 Å². The number of carbonyl (C=O) groups is 1. The lowest BCUT2D eigenvalue weighted by Gasteiger charge is -2.23. The Hall–Kier alpha value is -4.22. The number of nitrogens with zero attached hydrogens (tertiary/aromatic N) is 6. The van der Waals surface area contributed by atoms with Gasteiger partial charge in [0.15, 0.2) is 11.6 Å². The van der Waals surface area contributed by atoms with Gasteiger partial charge in [0.1, 0.15) is 12.0 Å². The molecule has 11 nitrogen and oxygen atoms in total. The van der Waals surface area contributed by atoms with Crippen LogP contribution in [0.3, 0.4) is 0 Å². The Morgan fingerprint density at radius 2 is 1.95 bits per heavy atom. The second-order valence-corrected chi connectivity index (χ2v) is 9.62. The van der Waals surface area contributed by atoms with Gasteiger partial charge in [0.05, 0.1) is 19.3 Å². The van der Waals surface area contributed by atoms with Crippen LogP contribution in [0.1, 0.15) is 47.1 Å². The maximum Gasteiger partial charge on any atom is 0.251 e. The van der Waals surface area contributed by atoms with Gasteiger partial charge in [-0.15, -0.1) is 10.2 Å². The molecular formula is C29H35N9O2. The van der Waals surface area contributed by atoms with Gasteiger partial charge in [-0.25, -0.2) is 9.97 Å². The van der Waals surface area contributed by atoms with Crippen molar-refractivity contribution >= 4 is 11.6 Å². The molecule has 1 fully saturated rings. The summed E-state index contributed by atoms with van der Waals surface area (Å²) in [4.78, 5) is 25.5. The topological polar surface area (TPSA) is 132 Å². The molecule has 0 bridgehead atoms. The Morgan fingerprint density at radius 1 is 1.07 bits per heavy atom. The lowest BCUT2D eigenvalue weighted by molar-refractivity contribution is 0.0283. The standard InChI is InChI=1S/C29H35N9O2/c1-2-21-17-31-10-6-23(21)18-34-29(39)22-4-3-5-24(16-22)33-19-27-36-37-28(26-9-13-32-20-35-26)38(27)14-15-40-25-7-11-30-12-8-25/h3-6,9-10,13,16-17,20,25,30,33H,2,7-8,11-12,14-15,18-19H2,1H3,(H,34,39). The number of carbonyl (C=O) groups excluding carboxylic acids is 1. The summed E-state index contributed by atoms with van der Waals surface area (Å²) in [7, 11) is 0. The van der Waals surface area contributed by atoms with Gasteiger partial charge in [-0.05, 0) is 73.8 Å². The molecule has 5 rings (SSSR count). The Kier molecular flexibility index (Phi) is 9.38. The van der Waals surface area contributed by atoms with Crippen LogP contribution in [0.2, 0.25) is 0 Å². The third-order valence-electron chi connectivity index (χ3n) is 6.99. The van der Waals surface area contributed by atoms with Crippen molar-refractivity contribution < 1.29 is 9.53 Å². The van der Waals surface area contributed by atoms with Gasteiger partial charge < -0.3 is 25.3 Å². The predicted octanol–water partition coefficient (Wildman–Crippen LogP) is 3.00. The fourth-order valence-electron chi connectivity index (χ4n) is 4.76. The molecule has 4 heterocycles. The molecule has 0 spiro atoms. The molecule has 0 saturated carbocycles. The van der Waals surface area contributed by atoms with Crippen molar-refractivity contribution in [3.8, 4) is 11.5 Å². The molecule has 0 radical (unpaired) electrons. The van der Waals surface area contributed by atoms with Gasteiger partial charge in [-0.2, -0.15) is 0 Å². The van der Waals surface area contributed by atoms with Crippen LogP contribution in [0.5, 0.6) is 0 Å². The molecule has 1 aromatic carbocycles. The number of benzene rings is 1. The first-order chi connectivity index (χ1) is 19.7. The van der Waals surface area contributed by atoms with Crippen LogP contribution in [-0.2, 0) is 30.8 Å². The second kappa shape index (κ2) is 13.7. The van der Waals surface area contributed by atoms with Crippen molar-refractivity contribution in [2.45, 2.75) is 51.9 Å². The van der Waals surface area contributed by atoms with Gasteiger partial charge in [-0.3, -0.25) is 9.78 Å². The smallest absolute Gasteiger partial charge is 0.251 e. The fourth-order valence-corrected chi connectivity index (χ4v) is 4.76. The van der Waals surface area contributed by atoms with Crippen molar-refractivity contribution in [1.82, 2.24) is 40.3 Å². The van der Waals surface area contributed by atoms with Gasteiger partial charge in [0.2, 0.25) is 0 Å². The minimum Gasteiger partial charge on any atom is -0.378 e. The average Bonchev–Trinajstić information content (AvgIpc) is 3.42. The number of rotatable bonds is 12. The Bertz CT molecular complexity index is 1390. The van der Waals surface area contributed by atoms with E-state index >= 15 is 0 Å². The van der Waals surface area contributed by atoms with Crippen LogP contribution in [0.4, 0.5) is 5.69 Å². The highest BCUT2D eigenvalue weighted by atomic mass is 16.5. The Labute approximate surface area is 233 Å². The average molecular weight is 542 g/mol. The lowest BCUT2D eigenvalue weighted by Crippen LogP contribution is -2.33. The minimum absolute atomic E-state index is 0.133. The summed E-state index contributed by atoms with van der Waals surface area (Å²) in [6.07, 6.45) is 9.96. The van der Waals surface area contributed by atoms with Crippen LogP contribution in [0, 0.1) is 0 Å². The van der Waals surface area contributed by atoms with Crippen LogP contribution in [0.25, 0.3) is 11.5 Å². The maximum atomic E-state index is 12.9. The number of pyridine rings is 1. The van der Waals surface area contributed by atoms with Crippen LogP contribution in [0.15, 0.2) is 61.3 Å². The largest absolute Gasteiger partial charge is 0.378 e. The van der Waals surface area contributed by atoms with Crippen molar-refractivity contribution in [3.63, 3.8) is 0 Å². The quantitative estimate of drug-likeness (QED) is 0.248. The van der Waals surface area contributed by atoms with E-state index in [9.17, 15) is 4.79 Å². The summed E-state index contributed by atoms with van der Waals surface area (Å²) in [6.45, 7) is 6.09. The third-order valence-corrected chi connectivity index (χ3v) is 6.99. The van der Waals surface area contributed by atoms with Crippen LogP contribution in [-0.4, -0.2) is 61.4 Å². The number of hydrogen-bond acceptors (Lipinski definition) is 9. The highest BCUT2D eigenvalue weighted by Gasteiger charge is 2.17. The third kappa shape index (κ3) is 7.04. The van der Waals surface area contributed by atoms with Gasteiger partial charge in [0.25, 0.3) is 5.91 Å². The van der Waals surface area contributed by atoms with Gasteiger partial charge >= 0.3 is 0 Å². The maximum absolute atomic E-state index is 12.9. The first-order valence-corrected chi connectivity index (χ1v) is 13.8. The zero-order chi connectivity index (χ0) is 27.6. The zero-order valence-electron chi connectivity index (χ0n) is 22.7. The molecule has 1 saturated heterocycles. The van der Waals surface area contributed by atoms with Crippen molar-refractivity contribution in [2.24, 2.45) is 0 Å². The summed E-state index contributed by atoms with van der Waals surface area (Å²) in [5.41, 5.74) is 4.30. The molecule has 4 aromatic rings. The van der Waals surface area contributed by atoms with E-state index in [1.54, 1.807) is 12.4 Å². The zero-order valence-corrected chi connectivity index (χ0v) is 22.7. The summed E-state index contributed by atoms with van der Waals surface area (Å²) < 4.78 is 8.19. The van der Waals surface area contributed by atoms with Gasteiger partial charge in [0, 0.05) is 42.9 Å².